The van der Waals surface area contributed by atoms with Crippen molar-refractivity contribution in [3.05, 3.63) is 58.7 Å². The molecule has 3 aromatic rings. The van der Waals surface area contributed by atoms with Gasteiger partial charge < -0.3 is 14.6 Å². The lowest BCUT2D eigenvalue weighted by Gasteiger charge is -2.18. The summed E-state index contributed by atoms with van der Waals surface area (Å²) in [6.45, 7) is 1.93. The topological polar surface area (TPSA) is 40.6 Å². The number of rotatable bonds is 4. The first-order valence-corrected chi connectivity index (χ1v) is 9.24. The van der Waals surface area contributed by atoms with Crippen LogP contribution >= 0.6 is 28.3 Å². The van der Waals surface area contributed by atoms with E-state index in [1.807, 2.05) is 24.3 Å². The zero-order chi connectivity index (χ0) is 17.2. The van der Waals surface area contributed by atoms with Gasteiger partial charge in [0.25, 0.3) is 0 Å². The maximum Gasteiger partial charge on any atom is 0.119 e. The second kappa shape index (κ2) is 8.14. The number of fused-ring (bicyclic) bond motifs is 1. The summed E-state index contributed by atoms with van der Waals surface area (Å²) in [6, 6.07) is 14.3. The molecule has 136 valence electrons. The summed E-state index contributed by atoms with van der Waals surface area (Å²) < 4.78 is 6.32. The summed E-state index contributed by atoms with van der Waals surface area (Å²) >= 11 is 3.57. The lowest BCUT2D eigenvalue weighted by molar-refractivity contribution is 0.415. The molecule has 0 bridgehead atoms. The third-order valence-electron chi connectivity index (χ3n) is 4.61. The normalized spacial score (nSPS) is 15.5. The number of likely N-dealkylation sites (tertiary alicyclic amines) is 1. The average molecular weight is 435 g/mol. The fourth-order valence-corrected chi connectivity index (χ4v) is 3.67. The van der Waals surface area contributed by atoms with Crippen molar-refractivity contribution in [2.45, 2.75) is 19.4 Å². The molecule has 1 fully saturated rings. The van der Waals surface area contributed by atoms with Crippen LogP contribution in [0.5, 0.6) is 5.75 Å². The molecular formula is C20H21BrClN3O. The second-order valence-corrected chi connectivity index (χ2v) is 7.17. The van der Waals surface area contributed by atoms with E-state index in [4.69, 9.17) is 9.73 Å². The molecule has 0 saturated carbocycles. The molecule has 4 nitrogen and oxygen atoms in total. The Labute approximate surface area is 167 Å². The third-order valence-corrected chi connectivity index (χ3v) is 5.11. The Morgan fingerprint density at radius 1 is 1.19 bits per heavy atom. The molecule has 1 aromatic heterocycles. The number of halogens is 2. The highest BCUT2D eigenvalue weighted by atomic mass is 79.9. The van der Waals surface area contributed by atoms with Crippen molar-refractivity contribution in [3.63, 3.8) is 0 Å². The van der Waals surface area contributed by atoms with Crippen LogP contribution in [0.1, 0.15) is 18.4 Å². The summed E-state index contributed by atoms with van der Waals surface area (Å²) in [5, 5.41) is 1.27. The van der Waals surface area contributed by atoms with E-state index < -0.39 is 0 Å². The molecule has 0 spiro atoms. The summed E-state index contributed by atoms with van der Waals surface area (Å²) in [6.07, 6.45) is 4.29. The smallest absolute Gasteiger partial charge is 0.119 e. The monoisotopic (exact) mass is 433 g/mol. The number of aliphatic imine (C=N–C) groups is 1. The van der Waals surface area contributed by atoms with Crippen molar-refractivity contribution in [3.8, 4) is 5.75 Å². The zero-order valence-corrected chi connectivity index (χ0v) is 16.9. The number of aromatic amines is 1. The molecule has 0 atom stereocenters. The predicted octanol–water partition coefficient (Wildman–Crippen LogP) is 5.69. The van der Waals surface area contributed by atoms with Gasteiger partial charge in [0.1, 0.15) is 11.6 Å². The van der Waals surface area contributed by atoms with Gasteiger partial charge in [-0.3, -0.25) is 0 Å². The van der Waals surface area contributed by atoms with Gasteiger partial charge in [0.15, 0.2) is 0 Å². The average Bonchev–Trinajstić information content (AvgIpc) is 3.23. The predicted molar refractivity (Wildman–Crippen MR) is 113 cm³/mol. The molecule has 1 aliphatic heterocycles. The number of amidine groups is 1. The maximum absolute atomic E-state index is 5.21. The van der Waals surface area contributed by atoms with Crippen LogP contribution in [0.15, 0.2) is 58.1 Å². The van der Waals surface area contributed by atoms with E-state index in [2.05, 4.69) is 50.2 Å². The molecule has 6 heteroatoms. The Morgan fingerprint density at radius 3 is 2.77 bits per heavy atom. The number of hydrogen-bond donors (Lipinski definition) is 1. The van der Waals surface area contributed by atoms with E-state index in [0.717, 1.165) is 47.7 Å². The fraction of sp³-hybridized carbons (Fsp3) is 0.250. The van der Waals surface area contributed by atoms with E-state index in [1.54, 1.807) is 7.11 Å². The maximum atomic E-state index is 5.21. The van der Waals surface area contributed by atoms with Gasteiger partial charge >= 0.3 is 0 Å². The van der Waals surface area contributed by atoms with Gasteiger partial charge in [-0.2, -0.15) is 0 Å². The Kier molecular flexibility index (Phi) is 5.89. The zero-order valence-electron chi connectivity index (χ0n) is 14.5. The molecule has 2 aromatic carbocycles. The molecule has 0 radical (unpaired) electrons. The van der Waals surface area contributed by atoms with Crippen LogP contribution in [0.4, 0.5) is 5.69 Å². The van der Waals surface area contributed by atoms with Gasteiger partial charge in [-0.15, -0.1) is 12.4 Å². The number of methoxy groups -OCH3 is 1. The van der Waals surface area contributed by atoms with Gasteiger partial charge in [0.2, 0.25) is 0 Å². The Bertz CT molecular complexity index is 920. The van der Waals surface area contributed by atoms with E-state index >= 15 is 0 Å². The van der Waals surface area contributed by atoms with E-state index in [9.17, 15) is 0 Å². The number of benzene rings is 2. The number of H-pyrrole nitrogens is 1. The largest absolute Gasteiger partial charge is 0.497 e. The van der Waals surface area contributed by atoms with Crippen LogP contribution in [0, 0.1) is 0 Å². The molecule has 0 aliphatic carbocycles. The first kappa shape index (κ1) is 18.8. The van der Waals surface area contributed by atoms with Gasteiger partial charge in [0.05, 0.1) is 12.8 Å². The number of nitrogens with zero attached hydrogens (tertiary/aromatic N) is 2. The van der Waals surface area contributed by atoms with Gasteiger partial charge in [0, 0.05) is 41.1 Å². The van der Waals surface area contributed by atoms with Crippen LogP contribution in [0.25, 0.3) is 10.9 Å². The van der Waals surface area contributed by atoms with Crippen molar-refractivity contribution in [1.82, 2.24) is 9.88 Å². The first-order chi connectivity index (χ1) is 12.2. The molecule has 1 saturated heterocycles. The lowest BCUT2D eigenvalue weighted by Crippen LogP contribution is -2.24. The van der Waals surface area contributed by atoms with Crippen LogP contribution in [-0.4, -0.2) is 29.4 Å². The van der Waals surface area contributed by atoms with Crippen molar-refractivity contribution in [2.75, 3.05) is 13.7 Å². The SMILES string of the molecule is COc1ccc(N=C2CCCN2Cc2c[nH]c3ccc(Br)cc23)cc1.Cl. The molecule has 1 aliphatic rings. The highest BCUT2D eigenvalue weighted by molar-refractivity contribution is 9.10. The number of aromatic nitrogens is 1. The molecule has 2 heterocycles. The standard InChI is InChI=1S/C20H20BrN3O.ClH/c1-25-17-7-5-16(6-8-17)23-20-3-2-10-24(20)13-14-12-22-19-9-4-15(21)11-18(14)19;/h4-9,11-12,22H,2-3,10,13H2,1H3;1H. The molecular weight excluding hydrogens is 414 g/mol. The Hall–Kier alpha value is -1.98. The highest BCUT2D eigenvalue weighted by Crippen LogP contribution is 2.27. The molecule has 0 unspecified atom stereocenters. The van der Waals surface area contributed by atoms with Crippen molar-refractivity contribution in [2.24, 2.45) is 4.99 Å². The summed E-state index contributed by atoms with van der Waals surface area (Å²) in [5.41, 5.74) is 3.45. The summed E-state index contributed by atoms with van der Waals surface area (Å²) in [7, 11) is 1.68. The number of nitrogens with one attached hydrogen (secondary N) is 1. The van der Waals surface area contributed by atoms with Gasteiger partial charge in [-0.25, -0.2) is 4.99 Å². The lowest BCUT2D eigenvalue weighted by atomic mass is 10.1. The molecule has 0 amide bonds. The van der Waals surface area contributed by atoms with Crippen molar-refractivity contribution >= 4 is 50.8 Å². The van der Waals surface area contributed by atoms with E-state index in [1.165, 1.54) is 16.5 Å². The quantitative estimate of drug-likeness (QED) is 0.573. The minimum absolute atomic E-state index is 0. The van der Waals surface area contributed by atoms with Crippen LogP contribution in [-0.2, 0) is 6.54 Å². The van der Waals surface area contributed by atoms with Crippen LogP contribution < -0.4 is 4.74 Å². The third kappa shape index (κ3) is 3.89. The Balaban J connectivity index is 0.00000196. The minimum Gasteiger partial charge on any atom is -0.497 e. The second-order valence-electron chi connectivity index (χ2n) is 6.25. The highest BCUT2D eigenvalue weighted by Gasteiger charge is 2.20. The van der Waals surface area contributed by atoms with Crippen molar-refractivity contribution < 1.29 is 4.74 Å². The Morgan fingerprint density at radius 2 is 2.00 bits per heavy atom. The minimum atomic E-state index is 0. The van der Waals surface area contributed by atoms with Crippen LogP contribution in [0.2, 0.25) is 0 Å². The summed E-state index contributed by atoms with van der Waals surface area (Å²) in [4.78, 5) is 10.6. The van der Waals surface area contributed by atoms with Crippen molar-refractivity contribution in [1.29, 1.82) is 0 Å². The van der Waals surface area contributed by atoms with Gasteiger partial charge in [-0.1, -0.05) is 15.9 Å². The number of ether oxygens (including phenoxy) is 1. The van der Waals surface area contributed by atoms with E-state index in [0.29, 0.717) is 0 Å². The fourth-order valence-electron chi connectivity index (χ4n) is 3.30. The van der Waals surface area contributed by atoms with E-state index in [-0.39, 0.29) is 12.4 Å². The molecule has 26 heavy (non-hydrogen) atoms. The molecule has 4 rings (SSSR count). The number of hydrogen-bond acceptors (Lipinski definition) is 2. The van der Waals surface area contributed by atoms with Crippen LogP contribution in [0.3, 0.4) is 0 Å². The summed E-state index contributed by atoms with van der Waals surface area (Å²) in [5.74, 6) is 2.02. The first-order valence-electron chi connectivity index (χ1n) is 8.45. The molecule has 1 N–H and O–H groups in total. The van der Waals surface area contributed by atoms with Gasteiger partial charge in [-0.05, 0) is 54.4 Å².